The highest BCUT2D eigenvalue weighted by atomic mass is 16.5. The van der Waals surface area contributed by atoms with Crippen LogP contribution in [0.1, 0.15) is 94.1 Å². The molecule has 2 amide bonds. The second-order valence-corrected chi connectivity index (χ2v) is 12.0. The molecular formula is C31H45N5O4. The van der Waals surface area contributed by atoms with Gasteiger partial charge in [-0.05, 0) is 83.2 Å². The van der Waals surface area contributed by atoms with Crippen LogP contribution in [0.2, 0.25) is 0 Å². The Labute approximate surface area is 238 Å². The van der Waals surface area contributed by atoms with Gasteiger partial charge in [0.05, 0.1) is 31.5 Å². The molecule has 0 bridgehead atoms. The molecule has 9 heteroatoms. The number of hydrogen-bond acceptors (Lipinski definition) is 6. The van der Waals surface area contributed by atoms with Crippen LogP contribution in [-0.4, -0.2) is 71.9 Å². The molecule has 40 heavy (non-hydrogen) atoms. The van der Waals surface area contributed by atoms with Crippen LogP contribution in [-0.2, 0) is 4.79 Å². The molecule has 0 unspecified atom stereocenters. The summed E-state index contributed by atoms with van der Waals surface area (Å²) in [7, 11) is 3.28. The fraction of sp³-hybridized carbons (Fsp3) is 0.645. The third kappa shape index (κ3) is 6.79. The van der Waals surface area contributed by atoms with Gasteiger partial charge in [0, 0.05) is 24.5 Å². The van der Waals surface area contributed by atoms with Crippen molar-refractivity contribution in [2.24, 2.45) is 0 Å². The first kappa shape index (κ1) is 28.5. The molecule has 3 aliphatic rings. The molecule has 218 valence electrons. The normalized spacial score (nSPS) is 19.7. The van der Waals surface area contributed by atoms with Crippen molar-refractivity contribution in [3.05, 3.63) is 30.0 Å². The van der Waals surface area contributed by atoms with E-state index in [0.29, 0.717) is 17.2 Å². The van der Waals surface area contributed by atoms with Gasteiger partial charge in [0.25, 0.3) is 5.91 Å². The summed E-state index contributed by atoms with van der Waals surface area (Å²) in [5.74, 6) is 1.10. The third-order valence-corrected chi connectivity index (χ3v) is 8.77. The first-order valence-electron chi connectivity index (χ1n) is 15.0. The number of hydrogen-bond donors (Lipinski definition) is 2. The lowest BCUT2D eigenvalue weighted by Crippen LogP contribution is -2.44. The summed E-state index contributed by atoms with van der Waals surface area (Å²) in [6.45, 7) is 5.12. The van der Waals surface area contributed by atoms with E-state index in [2.05, 4.69) is 22.5 Å². The monoisotopic (exact) mass is 551 g/mol. The van der Waals surface area contributed by atoms with Gasteiger partial charge in [-0.15, -0.1) is 0 Å². The minimum Gasteiger partial charge on any atom is -0.496 e. The smallest absolute Gasteiger partial charge is 0.272 e. The number of amides is 2. The van der Waals surface area contributed by atoms with E-state index in [1.807, 2.05) is 28.9 Å². The zero-order valence-corrected chi connectivity index (χ0v) is 24.3. The SMILES string of the molecule is COc1cccc(OC)c1-c1cc(C(=O)N[C@@H](CCN2CCCCC2)CC(=O)NC2(C)CC2)nn1C1CCCC1. The van der Waals surface area contributed by atoms with E-state index >= 15 is 0 Å². The minimum atomic E-state index is -0.266. The predicted octanol–water partition coefficient (Wildman–Crippen LogP) is 4.72. The lowest BCUT2D eigenvalue weighted by atomic mass is 10.1. The highest BCUT2D eigenvalue weighted by Crippen LogP contribution is 2.42. The van der Waals surface area contributed by atoms with Crippen molar-refractivity contribution in [3.8, 4) is 22.8 Å². The number of piperidine rings is 1. The molecule has 1 aromatic carbocycles. The molecule has 5 rings (SSSR count). The van der Waals surface area contributed by atoms with Gasteiger partial charge < -0.3 is 25.0 Å². The molecule has 2 aliphatic carbocycles. The lowest BCUT2D eigenvalue weighted by Gasteiger charge is -2.28. The van der Waals surface area contributed by atoms with Gasteiger partial charge in [-0.3, -0.25) is 14.3 Å². The third-order valence-electron chi connectivity index (χ3n) is 8.77. The number of carbonyl (C=O) groups excluding carboxylic acids is 2. The van der Waals surface area contributed by atoms with Gasteiger partial charge in [-0.2, -0.15) is 5.10 Å². The fourth-order valence-electron chi connectivity index (χ4n) is 6.15. The first-order valence-corrected chi connectivity index (χ1v) is 15.0. The van der Waals surface area contributed by atoms with E-state index in [0.717, 1.165) is 75.8 Å². The molecule has 1 atom stereocenters. The summed E-state index contributed by atoms with van der Waals surface area (Å²) in [4.78, 5) is 29.1. The Morgan fingerprint density at radius 3 is 2.35 bits per heavy atom. The summed E-state index contributed by atoms with van der Waals surface area (Å²) < 4.78 is 13.4. The number of carbonyl (C=O) groups is 2. The number of nitrogens with zero attached hydrogens (tertiary/aromatic N) is 3. The second-order valence-electron chi connectivity index (χ2n) is 12.0. The van der Waals surface area contributed by atoms with Gasteiger partial charge in [0.2, 0.25) is 5.91 Å². The van der Waals surface area contributed by atoms with Crippen LogP contribution in [0.25, 0.3) is 11.3 Å². The molecule has 1 saturated heterocycles. The van der Waals surface area contributed by atoms with Crippen molar-refractivity contribution < 1.29 is 19.1 Å². The maximum Gasteiger partial charge on any atom is 0.272 e. The molecule has 0 radical (unpaired) electrons. The van der Waals surface area contributed by atoms with E-state index < -0.39 is 0 Å². The summed E-state index contributed by atoms with van der Waals surface area (Å²) >= 11 is 0. The van der Waals surface area contributed by atoms with Gasteiger partial charge in [0.1, 0.15) is 11.5 Å². The van der Waals surface area contributed by atoms with Crippen molar-refractivity contribution in [1.29, 1.82) is 0 Å². The lowest BCUT2D eigenvalue weighted by molar-refractivity contribution is -0.122. The van der Waals surface area contributed by atoms with Crippen LogP contribution < -0.4 is 20.1 Å². The van der Waals surface area contributed by atoms with Crippen molar-refractivity contribution in [3.63, 3.8) is 0 Å². The number of aromatic nitrogens is 2. The number of rotatable bonds is 12. The van der Waals surface area contributed by atoms with Crippen LogP contribution >= 0.6 is 0 Å². The molecule has 1 aliphatic heterocycles. The Bertz CT molecular complexity index is 1160. The van der Waals surface area contributed by atoms with E-state index in [1.54, 1.807) is 14.2 Å². The van der Waals surface area contributed by atoms with Crippen molar-refractivity contribution in [2.75, 3.05) is 33.9 Å². The molecule has 2 aromatic rings. The number of benzene rings is 1. The van der Waals surface area contributed by atoms with E-state index in [-0.39, 0.29) is 35.9 Å². The second kappa shape index (κ2) is 12.6. The molecule has 1 aromatic heterocycles. The molecular weight excluding hydrogens is 506 g/mol. The highest BCUT2D eigenvalue weighted by Gasteiger charge is 2.39. The predicted molar refractivity (Wildman–Crippen MR) is 155 cm³/mol. The summed E-state index contributed by atoms with van der Waals surface area (Å²) in [5.41, 5.74) is 1.88. The Morgan fingerprint density at radius 2 is 1.73 bits per heavy atom. The number of ether oxygens (including phenoxy) is 2. The molecule has 2 N–H and O–H groups in total. The average molecular weight is 552 g/mol. The zero-order chi connectivity index (χ0) is 28.1. The Balaban J connectivity index is 1.38. The standard InChI is InChI=1S/C31H45N5O4/c1-31(15-16-31)33-28(37)20-22(14-19-35-17-7-4-8-18-35)32-30(38)24-21-25(36(34-24)23-10-5-6-11-23)29-26(39-2)12-9-13-27(29)40-3/h9,12-13,21-23H,4-8,10-11,14-20H2,1-3H3,(H,32,38)(H,33,37)/t22-/m0/s1. The summed E-state index contributed by atoms with van der Waals surface area (Å²) in [6, 6.07) is 7.49. The number of methoxy groups -OCH3 is 2. The van der Waals surface area contributed by atoms with E-state index in [1.165, 1.54) is 19.3 Å². The first-order chi connectivity index (χ1) is 19.4. The maximum atomic E-state index is 13.7. The van der Waals surface area contributed by atoms with Gasteiger partial charge in [-0.1, -0.05) is 25.3 Å². The van der Waals surface area contributed by atoms with Crippen LogP contribution in [0, 0.1) is 0 Å². The summed E-state index contributed by atoms with van der Waals surface area (Å²) in [5, 5.41) is 11.2. The Kier molecular flexibility index (Phi) is 8.98. The van der Waals surface area contributed by atoms with Gasteiger partial charge >= 0.3 is 0 Å². The van der Waals surface area contributed by atoms with Crippen LogP contribution in [0.3, 0.4) is 0 Å². The van der Waals surface area contributed by atoms with Crippen molar-refractivity contribution in [2.45, 2.75) is 95.2 Å². The highest BCUT2D eigenvalue weighted by molar-refractivity contribution is 5.94. The quantitative estimate of drug-likeness (QED) is 0.396. The maximum absolute atomic E-state index is 13.7. The van der Waals surface area contributed by atoms with Gasteiger partial charge in [0.15, 0.2) is 5.69 Å². The van der Waals surface area contributed by atoms with E-state index in [4.69, 9.17) is 14.6 Å². The molecule has 2 saturated carbocycles. The van der Waals surface area contributed by atoms with Crippen LogP contribution in [0.4, 0.5) is 0 Å². The van der Waals surface area contributed by atoms with Crippen LogP contribution in [0.15, 0.2) is 24.3 Å². The fourth-order valence-corrected chi connectivity index (χ4v) is 6.15. The topological polar surface area (TPSA) is 97.7 Å². The molecule has 2 heterocycles. The number of nitrogens with one attached hydrogen (secondary N) is 2. The van der Waals surface area contributed by atoms with Crippen molar-refractivity contribution in [1.82, 2.24) is 25.3 Å². The molecule has 9 nitrogen and oxygen atoms in total. The largest absolute Gasteiger partial charge is 0.496 e. The molecule has 0 spiro atoms. The zero-order valence-electron chi connectivity index (χ0n) is 24.3. The average Bonchev–Trinajstić information content (AvgIpc) is 3.34. The number of likely N-dealkylation sites (tertiary alicyclic amines) is 1. The molecule has 3 fully saturated rings. The Hall–Kier alpha value is -3.07. The Morgan fingerprint density at radius 1 is 1.05 bits per heavy atom. The minimum absolute atomic E-state index is 0.000114. The van der Waals surface area contributed by atoms with Crippen LogP contribution in [0.5, 0.6) is 11.5 Å². The van der Waals surface area contributed by atoms with E-state index in [9.17, 15) is 9.59 Å². The van der Waals surface area contributed by atoms with Crippen molar-refractivity contribution >= 4 is 11.8 Å². The summed E-state index contributed by atoms with van der Waals surface area (Å²) in [6.07, 6.45) is 11.0. The van der Waals surface area contributed by atoms with Gasteiger partial charge in [-0.25, -0.2) is 0 Å².